The van der Waals surface area contributed by atoms with E-state index < -0.39 is 0 Å². The van der Waals surface area contributed by atoms with Gasteiger partial charge in [-0.2, -0.15) is 0 Å². The smallest absolute Gasteiger partial charge is 0.119 e. The van der Waals surface area contributed by atoms with Crippen molar-refractivity contribution in [1.29, 1.82) is 0 Å². The summed E-state index contributed by atoms with van der Waals surface area (Å²) in [5.41, 5.74) is 2.42. The van der Waals surface area contributed by atoms with Crippen molar-refractivity contribution >= 4 is 15.9 Å². The standard InChI is InChI=1S/C10H12O.C7H8O.C3H5Br/c1-3-8-11-10-6-4-9(2)5-7-10;1-6-2-4-7(8)5-3-6;1-2-3-4/h3-7H,1,8H2,2H3;2-5,8H,1H3;2H,1,3H2. The summed E-state index contributed by atoms with van der Waals surface area (Å²) in [4.78, 5) is 0. The fourth-order valence-electron chi connectivity index (χ4n) is 1.33. The van der Waals surface area contributed by atoms with Crippen LogP contribution in [-0.2, 0) is 0 Å². The molecule has 2 aromatic rings. The Morgan fingerprint density at radius 3 is 1.70 bits per heavy atom. The Hall–Kier alpha value is -2.00. The number of halogens is 1. The Labute approximate surface area is 148 Å². The van der Waals surface area contributed by atoms with Crippen LogP contribution in [0.3, 0.4) is 0 Å². The highest BCUT2D eigenvalue weighted by atomic mass is 79.9. The van der Waals surface area contributed by atoms with Gasteiger partial charge in [-0.25, -0.2) is 0 Å². The summed E-state index contributed by atoms with van der Waals surface area (Å²) >= 11 is 3.13. The van der Waals surface area contributed by atoms with Gasteiger partial charge in [-0.15, -0.1) is 6.58 Å². The lowest BCUT2D eigenvalue weighted by Gasteiger charge is -2.01. The molecule has 0 aliphatic rings. The summed E-state index contributed by atoms with van der Waals surface area (Å²) in [6, 6.07) is 15.1. The van der Waals surface area contributed by atoms with Crippen LogP contribution >= 0.6 is 15.9 Å². The molecule has 3 heteroatoms. The lowest BCUT2D eigenvalue weighted by atomic mass is 10.2. The van der Waals surface area contributed by atoms with E-state index in [9.17, 15) is 0 Å². The Bertz CT molecular complexity index is 524. The number of alkyl halides is 1. The number of allylic oxidation sites excluding steroid dienone is 1. The molecule has 0 heterocycles. The molecule has 124 valence electrons. The van der Waals surface area contributed by atoms with Crippen molar-refractivity contribution in [2.24, 2.45) is 0 Å². The number of aromatic hydroxyl groups is 1. The van der Waals surface area contributed by atoms with E-state index in [1.54, 1.807) is 24.3 Å². The van der Waals surface area contributed by atoms with Crippen molar-refractivity contribution in [2.45, 2.75) is 13.8 Å². The van der Waals surface area contributed by atoms with Gasteiger partial charge in [0.2, 0.25) is 0 Å². The van der Waals surface area contributed by atoms with Crippen LogP contribution in [0.1, 0.15) is 11.1 Å². The van der Waals surface area contributed by atoms with Gasteiger partial charge in [-0.05, 0) is 38.1 Å². The van der Waals surface area contributed by atoms with Gasteiger partial charge < -0.3 is 9.84 Å². The quantitative estimate of drug-likeness (QED) is 0.537. The van der Waals surface area contributed by atoms with E-state index in [-0.39, 0.29) is 0 Å². The molecular weight excluding hydrogens is 352 g/mol. The van der Waals surface area contributed by atoms with Gasteiger partial charge in [0.15, 0.2) is 0 Å². The van der Waals surface area contributed by atoms with Gasteiger partial charge >= 0.3 is 0 Å². The molecule has 2 nitrogen and oxygen atoms in total. The maximum Gasteiger partial charge on any atom is 0.119 e. The van der Waals surface area contributed by atoms with Gasteiger partial charge in [0.05, 0.1) is 0 Å². The minimum Gasteiger partial charge on any atom is -0.508 e. The van der Waals surface area contributed by atoms with E-state index in [1.807, 2.05) is 43.3 Å². The van der Waals surface area contributed by atoms with Crippen LogP contribution in [0.15, 0.2) is 73.8 Å². The van der Waals surface area contributed by atoms with Crippen molar-refractivity contribution in [1.82, 2.24) is 0 Å². The number of aryl methyl sites for hydroxylation is 2. The molecule has 0 saturated heterocycles. The van der Waals surface area contributed by atoms with E-state index in [0.29, 0.717) is 12.4 Å². The van der Waals surface area contributed by atoms with Crippen molar-refractivity contribution in [3.05, 3.63) is 85.0 Å². The lowest BCUT2D eigenvalue weighted by Crippen LogP contribution is -1.91. The van der Waals surface area contributed by atoms with Gasteiger partial charge in [0, 0.05) is 5.33 Å². The lowest BCUT2D eigenvalue weighted by molar-refractivity contribution is 0.363. The Morgan fingerprint density at radius 2 is 1.35 bits per heavy atom. The highest BCUT2D eigenvalue weighted by Crippen LogP contribution is 2.10. The van der Waals surface area contributed by atoms with Crippen LogP contribution < -0.4 is 4.74 Å². The number of hydrogen-bond donors (Lipinski definition) is 1. The molecule has 0 saturated carbocycles. The summed E-state index contributed by atoms with van der Waals surface area (Å²) in [5, 5.41) is 9.65. The summed E-state index contributed by atoms with van der Waals surface area (Å²) < 4.78 is 5.29. The Morgan fingerprint density at radius 1 is 0.913 bits per heavy atom. The summed E-state index contributed by atoms with van der Waals surface area (Å²) in [6.45, 7) is 11.6. The normalized spacial score (nSPS) is 8.65. The van der Waals surface area contributed by atoms with Crippen molar-refractivity contribution < 1.29 is 9.84 Å². The molecular formula is C20H25BrO2. The Balaban J connectivity index is 0.000000354. The van der Waals surface area contributed by atoms with Gasteiger partial charge in [-0.1, -0.05) is 70.1 Å². The van der Waals surface area contributed by atoms with Crippen molar-refractivity contribution in [2.75, 3.05) is 11.9 Å². The molecule has 1 N–H and O–H groups in total. The predicted molar refractivity (Wildman–Crippen MR) is 104 cm³/mol. The summed E-state index contributed by atoms with van der Waals surface area (Å²) in [7, 11) is 0. The van der Waals surface area contributed by atoms with Crippen molar-refractivity contribution in [3.8, 4) is 11.5 Å². The third-order valence-electron chi connectivity index (χ3n) is 2.53. The molecule has 0 radical (unpaired) electrons. The number of phenolic OH excluding ortho intramolecular Hbond substituents is 1. The molecule has 0 bridgehead atoms. The minimum absolute atomic E-state index is 0.329. The molecule has 0 aliphatic carbocycles. The molecule has 0 unspecified atom stereocenters. The summed E-state index contributed by atoms with van der Waals surface area (Å²) in [6.07, 6.45) is 3.53. The minimum atomic E-state index is 0.329. The van der Waals surface area contributed by atoms with E-state index in [2.05, 4.69) is 36.0 Å². The van der Waals surface area contributed by atoms with Gasteiger partial charge in [0.1, 0.15) is 18.1 Å². The van der Waals surface area contributed by atoms with E-state index >= 15 is 0 Å². The van der Waals surface area contributed by atoms with Crippen LogP contribution in [0.4, 0.5) is 0 Å². The number of benzene rings is 2. The molecule has 0 aliphatic heterocycles. The van der Waals surface area contributed by atoms with Crippen molar-refractivity contribution in [3.63, 3.8) is 0 Å². The zero-order valence-electron chi connectivity index (χ0n) is 13.8. The molecule has 0 atom stereocenters. The third-order valence-corrected chi connectivity index (χ3v) is 2.99. The highest BCUT2D eigenvalue weighted by Gasteiger charge is 1.88. The summed E-state index contributed by atoms with van der Waals surface area (Å²) in [5.74, 6) is 1.23. The highest BCUT2D eigenvalue weighted by molar-refractivity contribution is 9.09. The van der Waals surface area contributed by atoms with E-state index in [4.69, 9.17) is 9.84 Å². The maximum atomic E-state index is 8.76. The first-order valence-electron chi connectivity index (χ1n) is 7.26. The molecule has 0 aromatic heterocycles. The molecule has 23 heavy (non-hydrogen) atoms. The van der Waals surface area contributed by atoms with E-state index in [1.165, 1.54) is 11.1 Å². The largest absolute Gasteiger partial charge is 0.508 e. The third kappa shape index (κ3) is 12.2. The Kier molecular flexibility index (Phi) is 12.5. The number of ether oxygens (including phenoxy) is 1. The van der Waals surface area contributed by atoms with Crippen LogP contribution in [0.2, 0.25) is 0 Å². The van der Waals surface area contributed by atoms with Crippen LogP contribution in [0.25, 0.3) is 0 Å². The first-order valence-corrected chi connectivity index (χ1v) is 8.38. The zero-order valence-corrected chi connectivity index (χ0v) is 15.4. The fourth-order valence-corrected chi connectivity index (χ4v) is 1.33. The first-order chi connectivity index (χ1) is 11.0. The SMILES string of the molecule is C=CCBr.C=CCOc1ccc(C)cc1.Cc1ccc(O)cc1. The number of rotatable bonds is 4. The monoisotopic (exact) mass is 376 g/mol. The fraction of sp³-hybridized carbons (Fsp3) is 0.200. The van der Waals surface area contributed by atoms with Crippen LogP contribution in [0.5, 0.6) is 11.5 Å². The second kappa shape index (κ2) is 13.6. The second-order valence-electron chi connectivity index (χ2n) is 4.69. The maximum absolute atomic E-state index is 8.76. The predicted octanol–water partition coefficient (Wildman–Crippen LogP) is 5.83. The molecule has 0 amide bonds. The zero-order chi connectivity index (χ0) is 17.5. The number of phenols is 1. The van der Waals surface area contributed by atoms with Gasteiger partial charge in [-0.3, -0.25) is 0 Å². The molecule has 0 fully saturated rings. The average Bonchev–Trinajstić information content (AvgIpc) is 2.58. The van der Waals surface area contributed by atoms with Crippen LogP contribution in [-0.4, -0.2) is 17.0 Å². The molecule has 0 spiro atoms. The molecule has 2 aromatic carbocycles. The number of hydrogen-bond acceptors (Lipinski definition) is 2. The average molecular weight is 377 g/mol. The second-order valence-corrected chi connectivity index (χ2v) is 5.34. The topological polar surface area (TPSA) is 29.5 Å². The van der Waals surface area contributed by atoms with Crippen LogP contribution in [0, 0.1) is 13.8 Å². The first kappa shape index (κ1) is 21.0. The molecule has 2 rings (SSSR count). The van der Waals surface area contributed by atoms with E-state index in [0.717, 1.165) is 11.1 Å². The van der Waals surface area contributed by atoms with Gasteiger partial charge in [0.25, 0.3) is 0 Å².